The van der Waals surface area contributed by atoms with Crippen molar-refractivity contribution >= 4 is 38.9 Å². The first-order chi connectivity index (χ1) is 12.1. The monoisotopic (exact) mass is 399 g/mol. The van der Waals surface area contributed by atoms with Gasteiger partial charge in [0.2, 0.25) is 5.91 Å². The third-order valence-corrected chi connectivity index (χ3v) is 5.26. The molecule has 0 saturated carbocycles. The lowest BCUT2D eigenvalue weighted by Crippen LogP contribution is -2.16. The lowest BCUT2D eigenvalue weighted by Gasteiger charge is -2.13. The zero-order valence-electron chi connectivity index (χ0n) is 13.6. The largest absolute Gasteiger partial charge is 0.495 e. The van der Waals surface area contributed by atoms with Crippen molar-refractivity contribution in [2.75, 3.05) is 11.8 Å². The Balaban J connectivity index is 2.55. The fourth-order valence-electron chi connectivity index (χ4n) is 2.13. The van der Waals surface area contributed by atoms with Gasteiger partial charge in [-0.15, -0.1) is 0 Å². The molecule has 0 fully saturated rings. The second-order valence-electron chi connectivity index (χ2n) is 5.19. The van der Waals surface area contributed by atoms with E-state index in [0.717, 1.165) is 12.1 Å². The smallest absolute Gasteiger partial charge is 0.275 e. The summed E-state index contributed by atoms with van der Waals surface area (Å²) in [6, 6.07) is 5.92. The molecule has 0 unspecified atom stereocenters. The minimum absolute atomic E-state index is 0.0522. The van der Waals surface area contributed by atoms with E-state index in [2.05, 4.69) is 4.72 Å². The average molecular weight is 400 g/mol. The number of primary amides is 1. The van der Waals surface area contributed by atoms with Crippen molar-refractivity contribution in [3.05, 3.63) is 56.6 Å². The Hall–Kier alpha value is -2.85. The fourth-order valence-corrected chi connectivity index (χ4v) is 3.52. The number of nitrogens with two attached hydrogens (primary N) is 1. The van der Waals surface area contributed by atoms with Gasteiger partial charge in [-0.25, -0.2) is 8.42 Å². The molecule has 0 radical (unpaired) electrons. The van der Waals surface area contributed by atoms with E-state index in [1.54, 1.807) is 0 Å². The van der Waals surface area contributed by atoms with Crippen LogP contribution in [0.15, 0.2) is 35.2 Å². The number of carbonyl (C=O) groups excluding carboxylic acids is 1. The number of hydrogen-bond acceptors (Lipinski definition) is 6. The third-order valence-electron chi connectivity index (χ3n) is 3.53. The number of rotatable bonds is 6. The molecule has 9 nitrogen and oxygen atoms in total. The van der Waals surface area contributed by atoms with Crippen LogP contribution in [0.3, 0.4) is 0 Å². The summed E-state index contributed by atoms with van der Waals surface area (Å²) in [5.74, 6) is -0.631. The zero-order valence-corrected chi connectivity index (χ0v) is 15.2. The first kappa shape index (κ1) is 19.5. The predicted octanol–water partition coefficient (Wildman–Crippen LogP) is 2.46. The average Bonchev–Trinajstić information content (AvgIpc) is 2.56. The minimum atomic E-state index is -4.25. The van der Waals surface area contributed by atoms with Crippen molar-refractivity contribution in [3.63, 3.8) is 0 Å². The number of nitrogens with zero attached hydrogens (tertiary/aromatic N) is 1. The van der Waals surface area contributed by atoms with E-state index in [1.807, 2.05) is 0 Å². The number of nitro groups is 1. The molecule has 0 heterocycles. The lowest BCUT2D eigenvalue weighted by molar-refractivity contribution is -0.385. The lowest BCUT2D eigenvalue weighted by atomic mass is 10.2. The Labute approximate surface area is 153 Å². The molecule has 2 aromatic rings. The third kappa shape index (κ3) is 3.86. The van der Waals surface area contributed by atoms with Gasteiger partial charge >= 0.3 is 0 Å². The highest BCUT2D eigenvalue weighted by Gasteiger charge is 2.24. The Morgan fingerprint density at radius 3 is 2.50 bits per heavy atom. The molecule has 2 aromatic carbocycles. The van der Waals surface area contributed by atoms with Gasteiger partial charge in [0, 0.05) is 17.2 Å². The first-order valence-corrected chi connectivity index (χ1v) is 8.88. The Bertz CT molecular complexity index is 1010. The maximum absolute atomic E-state index is 12.6. The highest BCUT2D eigenvalue weighted by atomic mass is 35.5. The van der Waals surface area contributed by atoms with Crippen LogP contribution in [0.5, 0.6) is 5.75 Å². The molecule has 3 N–H and O–H groups in total. The van der Waals surface area contributed by atoms with Crippen molar-refractivity contribution in [3.8, 4) is 5.75 Å². The van der Waals surface area contributed by atoms with Gasteiger partial charge in [0.1, 0.15) is 5.75 Å². The minimum Gasteiger partial charge on any atom is -0.495 e. The molecule has 0 atom stereocenters. The number of ether oxygens (including phenoxy) is 1. The molecule has 2 rings (SSSR count). The van der Waals surface area contributed by atoms with Crippen molar-refractivity contribution in [1.82, 2.24) is 0 Å². The molecule has 1 amide bonds. The summed E-state index contributed by atoms with van der Waals surface area (Å²) in [4.78, 5) is 21.3. The molecule has 0 spiro atoms. The van der Waals surface area contributed by atoms with E-state index in [-0.39, 0.29) is 27.6 Å². The van der Waals surface area contributed by atoms with Gasteiger partial charge in [-0.2, -0.15) is 0 Å². The normalized spacial score (nSPS) is 11.0. The second kappa shape index (κ2) is 7.18. The molecule has 11 heteroatoms. The number of carbonyl (C=O) groups is 1. The Morgan fingerprint density at radius 1 is 1.31 bits per heavy atom. The number of anilines is 1. The molecular formula is C15H14ClN3O6S. The van der Waals surface area contributed by atoms with E-state index in [9.17, 15) is 23.3 Å². The summed E-state index contributed by atoms with van der Waals surface area (Å²) in [7, 11) is -2.94. The summed E-state index contributed by atoms with van der Waals surface area (Å²) >= 11 is 5.91. The summed E-state index contributed by atoms with van der Waals surface area (Å²) in [6.45, 7) is 1.41. The summed E-state index contributed by atoms with van der Waals surface area (Å²) in [5.41, 5.74) is 4.90. The highest BCUT2D eigenvalue weighted by Crippen LogP contribution is 2.32. The van der Waals surface area contributed by atoms with E-state index in [1.165, 1.54) is 32.2 Å². The van der Waals surface area contributed by atoms with Crippen LogP contribution >= 0.6 is 11.6 Å². The number of nitro benzene ring substituents is 1. The zero-order chi connectivity index (χ0) is 19.6. The van der Waals surface area contributed by atoms with Crippen LogP contribution in [0.2, 0.25) is 5.02 Å². The highest BCUT2D eigenvalue weighted by molar-refractivity contribution is 7.92. The van der Waals surface area contributed by atoms with E-state index >= 15 is 0 Å². The Kier molecular flexibility index (Phi) is 5.38. The van der Waals surface area contributed by atoms with E-state index in [4.69, 9.17) is 22.1 Å². The molecule has 0 aliphatic heterocycles. The second-order valence-corrected chi connectivity index (χ2v) is 7.28. The van der Waals surface area contributed by atoms with E-state index in [0.29, 0.717) is 0 Å². The van der Waals surface area contributed by atoms with Gasteiger partial charge < -0.3 is 10.5 Å². The number of nitrogens with one attached hydrogen (secondary N) is 1. The number of methoxy groups -OCH3 is 1. The molecule has 0 aliphatic carbocycles. The number of sulfonamides is 1. The maximum Gasteiger partial charge on any atom is 0.275 e. The summed E-state index contributed by atoms with van der Waals surface area (Å²) in [6.07, 6.45) is 0. The van der Waals surface area contributed by atoms with Crippen molar-refractivity contribution in [2.24, 2.45) is 5.73 Å². The van der Waals surface area contributed by atoms with Gasteiger partial charge in [0.05, 0.1) is 27.6 Å². The van der Waals surface area contributed by atoms with Crippen LogP contribution in [0.4, 0.5) is 11.4 Å². The van der Waals surface area contributed by atoms with Crippen molar-refractivity contribution in [2.45, 2.75) is 11.8 Å². The van der Waals surface area contributed by atoms with Gasteiger partial charge in [-0.1, -0.05) is 11.6 Å². The molecule has 0 aliphatic rings. The topological polar surface area (TPSA) is 142 Å². The molecule has 0 saturated heterocycles. The molecule has 0 bridgehead atoms. The van der Waals surface area contributed by atoms with Gasteiger partial charge in [-0.05, 0) is 31.2 Å². The molecule has 26 heavy (non-hydrogen) atoms. The van der Waals surface area contributed by atoms with Crippen molar-refractivity contribution < 1.29 is 22.9 Å². The van der Waals surface area contributed by atoms with Crippen LogP contribution in [0.1, 0.15) is 15.9 Å². The van der Waals surface area contributed by atoms with Crippen LogP contribution in [-0.2, 0) is 10.0 Å². The van der Waals surface area contributed by atoms with Gasteiger partial charge in [-0.3, -0.25) is 19.6 Å². The van der Waals surface area contributed by atoms with Crippen LogP contribution in [0.25, 0.3) is 0 Å². The summed E-state index contributed by atoms with van der Waals surface area (Å²) < 4.78 is 32.5. The number of benzene rings is 2. The Morgan fingerprint density at radius 2 is 1.96 bits per heavy atom. The number of halogens is 1. The maximum atomic E-state index is 12.6. The van der Waals surface area contributed by atoms with Crippen LogP contribution in [0, 0.1) is 17.0 Å². The SMILES string of the molecule is COc1ccc(C(N)=O)cc1NS(=O)(=O)c1cc(Cl)c(C)c([N+](=O)[O-])c1. The van der Waals surface area contributed by atoms with Crippen LogP contribution < -0.4 is 15.2 Å². The standard InChI is InChI=1S/C15H14ClN3O6S/c1-8-11(16)6-10(7-13(8)19(21)22)26(23,24)18-12-5-9(15(17)20)3-4-14(12)25-2/h3-7,18H,1-2H3,(H2,17,20). The molecule has 138 valence electrons. The number of hydrogen-bond donors (Lipinski definition) is 2. The van der Waals surface area contributed by atoms with Crippen LogP contribution in [-0.4, -0.2) is 26.4 Å². The van der Waals surface area contributed by atoms with Crippen molar-refractivity contribution in [1.29, 1.82) is 0 Å². The number of amides is 1. The van der Waals surface area contributed by atoms with E-state index < -0.39 is 31.4 Å². The quantitative estimate of drug-likeness (QED) is 0.564. The fraction of sp³-hybridized carbons (Fsp3) is 0.133. The molecule has 0 aromatic heterocycles. The molecular weight excluding hydrogens is 386 g/mol. The van der Waals surface area contributed by atoms with Gasteiger partial charge in [0.25, 0.3) is 15.7 Å². The predicted molar refractivity (Wildman–Crippen MR) is 95.2 cm³/mol. The first-order valence-electron chi connectivity index (χ1n) is 7.02. The van der Waals surface area contributed by atoms with Gasteiger partial charge in [0.15, 0.2) is 0 Å². The summed E-state index contributed by atoms with van der Waals surface area (Å²) in [5, 5.41) is 11.0.